The monoisotopic (exact) mass is 370 g/mol. The molecule has 1 aromatic carbocycles. The summed E-state index contributed by atoms with van der Waals surface area (Å²) in [7, 11) is 1.67. The minimum absolute atomic E-state index is 0.00421. The predicted octanol–water partition coefficient (Wildman–Crippen LogP) is 2.18. The zero-order chi connectivity index (χ0) is 19.8. The van der Waals surface area contributed by atoms with Crippen molar-refractivity contribution in [2.24, 2.45) is 5.73 Å². The fraction of sp³-hybridized carbons (Fsp3) is 0.250. The Bertz CT molecular complexity index is 813. The first kappa shape index (κ1) is 20.1. The van der Waals surface area contributed by atoms with Gasteiger partial charge in [-0.3, -0.25) is 4.79 Å². The van der Waals surface area contributed by atoms with Gasteiger partial charge in [-0.2, -0.15) is 0 Å². The molecule has 0 aliphatic carbocycles. The number of aromatic amines is 1. The van der Waals surface area contributed by atoms with Gasteiger partial charge in [0.1, 0.15) is 11.6 Å². The van der Waals surface area contributed by atoms with Crippen LogP contribution >= 0.6 is 0 Å². The zero-order valence-corrected chi connectivity index (χ0v) is 15.4. The number of anilines is 1. The molecule has 1 unspecified atom stereocenters. The van der Waals surface area contributed by atoms with E-state index in [-0.39, 0.29) is 17.8 Å². The van der Waals surface area contributed by atoms with Gasteiger partial charge in [0.25, 0.3) is 0 Å². The number of benzene rings is 1. The second-order valence-electron chi connectivity index (χ2n) is 6.10. The summed E-state index contributed by atoms with van der Waals surface area (Å²) in [4.78, 5) is 15.6. The molecule has 27 heavy (non-hydrogen) atoms. The van der Waals surface area contributed by atoms with E-state index in [0.717, 1.165) is 18.5 Å². The number of aromatic nitrogens is 1. The topological polar surface area (TPSA) is 118 Å². The number of ether oxygens (including phenoxy) is 1. The molecule has 7 heteroatoms. The van der Waals surface area contributed by atoms with Gasteiger partial charge in [-0.25, -0.2) is 0 Å². The Morgan fingerprint density at radius 2 is 2.15 bits per heavy atom. The van der Waals surface area contributed by atoms with Crippen LogP contribution in [0, 0.1) is 0 Å². The summed E-state index contributed by atoms with van der Waals surface area (Å²) in [6.07, 6.45) is 5.97. The van der Waals surface area contributed by atoms with Crippen LogP contribution in [0.15, 0.2) is 49.2 Å². The van der Waals surface area contributed by atoms with E-state index < -0.39 is 0 Å². The minimum atomic E-state index is 0.00421. The molecular formula is C20H26N4O3. The Morgan fingerprint density at radius 1 is 1.41 bits per heavy atom. The van der Waals surface area contributed by atoms with E-state index in [0.29, 0.717) is 23.6 Å². The molecule has 2 heterocycles. The first-order chi connectivity index (χ1) is 13.0. The highest BCUT2D eigenvalue weighted by atomic mass is 16.5. The van der Waals surface area contributed by atoms with Crippen LogP contribution < -0.4 is 11.5 Å². The van der Waals surface area contributed by atoms with Gasteiger partial charge in [0.05, 0.1) is 6.10 Å². The van der Waals surface area contributed by atoms with Gasteiger partial charge in [0, 0.05) is 43.2 Å². The van der Waals surface area contributed by atoms with Crippen LogP contribution in [0.4, 0.5) is 5.82 Å². The van der Waals surface area contributed by atoms with Crippen molar-refractivity contribution in [3.63, 3.8) is 0 Å². The van der Waals surface area contributed by atoms with E-state index in [1.165, 1.54) is 6.08 Å². The third-order valence-electron chi connectivity index (χ3n) is 4.30. The van der Waals surface area contributed by atoms with Crippen LogP contribution in [0.3, 0.4) is 0 Å². The molecule has 0 bridgehead atoms. The van der Waals surface area contributed by atoms with Crippen molar-refractivity contribution in [1.82, 2.24) is 9.88 Å². The van der Waals surface area contributed by atoms with Crippen molar-refractivity contribution >= 4 is 23.5 Å². The van der Waals surface area contributed by atoms with Crippen LogP contribution in [0.25, 0.3) is 11.8 Å². The Morgan fingerprint density at radius 3 is 2.70 bits per heavy atom. The summed E-state index contributed by atoms with van der Waals surface area (Å²) in [6, 6.07) is 8.73. The maximum absolute atomic E-state index is 11.0. The van der Waals surface area contributed by atoms with E-state index in [9.17, 15) is 9.90 Å². The second kappa shape index (κ2) is 9.49. The molecule has 1 amide bonds. The van der Waals surface area contributed by atoms with Crippen LogP contribution in [0.5, 0.6) is 5.75 Å². The highest BCUT2D eigenvalue weighted by molar-refractivity contribution is 5.87. The number of carbonyl (C=O) groups is 1. The number of para-hydroxylation sites is 1. The summed E-state index contributed by atoms with van der Waals surface area (Å²) < 4.78 is 5.11. The van der Waals surface area contributed by atoms with Crippen LogP contribution in [-0.2, 0) is 9.53 Å². The van der Waals surface area contributed by atoms with Crippen molar-refractivity contribution in [2.45, 2.75) is 12.5 Å². The van der Waals surface area contributed by atoms with Gasteiger partial charge < -0.3 is 31.2 Å². The quantitative estimate of drug-likeness (QED) is 0.615. The van der Waals surface area contributed by atoms with Crippen molar-refractivity contribution in [3.8, 4) is 5.75 Å². The summed E-state index contributed by atoms with van der Waals surface area (Å²) in [6.45, 7) is 4.93. The molecule has 0 radical (unpaired) electrons. The predicted molar refractivity (Wildman–Crippen MR) is 108 cm³/mol. The lowest BCUT2D eigenvalue weighted by atomic mass is 10.1. The Hall–Kier alpha value is -3.19. The molecule has 1 aromatic heterocycles. The lowest BCUT2D eigenvalue weighted by Gasteiger charge is -2.12. The maximum Gasteiger partial charge on any atom is 0.246 e. The van der Waals surface area contributed by atoms with Gasteiger partial charge in [-0.05, 0) is 36.8 Å². The Kier molecular flexibility index (Phi) is 7.08. The molecular weight excluding hydrogens is 344 g/mol. The maximum atomic E-state index is 11.0. The number of rotatable bonds is 4. The average molecular weight is 370 g/mol. The lowest BCUT2D eigenvalue weighted by Crippen LogP contribution is -2.27. The van der Waals surface area contributed by atoms with Crippen molar-refractivity contribution in [2.75, 3.05) is 25.9 Å². The van der Waals surface area contributed by atoms with E-state index >= 15 is 0 Å². The number of nitrogen functional groups attached to an aromatic ring is 1. The molecule has 1 atom stereocenters. The molecule has 2 aromatic rings. The first-order valence-electron chi connectivity index (χ1n) is 8.58. The molecule has 0 saturated carbocycles. The average Bonchev–Trinajstić information content (AvgIpc) is 3.31. The molecule has 144 valence electrons. The van der Waals surface area contributed by atoms with Crippen molar-refractivity contribution in [3.05, 3.63) is 60.3 Å². The molecule has 1 saturated heterocycles. The SMILES string of the molecule is C=CC(=O)N1CCC(OC)C1.N/C(=C\c1cc[nH]c1N)c1ccccc1O. The zero-order valence-electron chi connectivity index (χ0n) is 15.4. The van der Waals surface area contributed by atoms with E-state index in [1.54, 1.807) is 42.5 Å². The van der Waals surface area contributed by atoms with E-state index in [1.807, 2.05) is 12.1 Å². The third kappa shape index (κ3) is 5.39. The molecule has 6 N–H and O–H groups in total. The van der Waals surface area contributed by atoms with Crippen molar-refractivity contribution < 1.29 is 14.6 Å². The minimum Gasteiger partial charge on any atom is -0.507 e. The van der Waals surface area contributed by atoms with Crippen LogP contribution in [0.1, 0.15) is 17.5 Å². The number of nitrogens with zero attached hydrogens (tertiary/aromatic N) is 1. The van der Waals surface area contributed by atoms with Crippen LogP contribution in [-0.4, -0.2) is 47.2 Å². The molecule has 1 fully saturated rings. The number of nitrogens with two attached hydrogens (primary N) is 2. The fourth-order valence-corrected chi connectivity index (χ4v) is 2.73. The molecule has 7 nitrogen and oxygen atoms in total. The number of hydrogen-bond acceptors (Lipinski definition) is 5. The lowest BCUT2D eigenvalue weighted by molar-refractivity contribution is -0.125. The summed E-state index contributed by atoms with van der Waals surface area (Å²) in [5, 5.41) is 9.62. The Balaban J connectivity index is 0.000000208. The number of carbonyl (C=O) groups excluding carboxylic acids is 1. The normalized spacial score (nSPS) is 16.6. The van der Waals surface area contributed by atoms with Crippen LogP contribution in [0.2, 0.25) is 0 Å². The van der Waals surface area contributed by atoms with E-state index in [4.69, 9.17) is 16.2 Å². The smallest absolute Gasteiger partial charge is 0.246 e. The molecule has 0 spiro atoms. The summed E-state index contributed by atoms with van der Waals surface area (Å²) in [5.41, 5.74) is 13.5. The van der Waals surface area contributed by atoms with Gasteiger partial charge in [-0.15, -0.1) is 0 Å². The number of phenols is 1. The van der Waals surface area contributed by atoms with Gasteiger partial charge in [-0.1, -0.05) is 18.7 Å². The van der Waals surface area contributed by atoms with Gasteiger partial charge >= 0.3 is 0 Å². The molecule has 3 rings (SSSR count). The number of aromatic hydroxyl groups is 1. The highest BCUT2D eigenvalue weighted by Gasteiger charge is 2.23. The standard InChI is InChI=1S/C12H13N3O.C8H13NO2/c13-10(7-8-5-6-15-12(8)14)9-3-1-2-4-11(9)16;1-3-8(10)9-5-4-7(6-9)11-2/h1-7,15-16H,13-14H2;3,7H,1,4-6H2,2H3/b10-7-;. The molecule has 1 aliphatic heterocycles. The van der Waals surface area contributed by atoms with Gasteiger partial charge in [0.15, 0.2) is 0 Å². The Labute approximate surface area is 158 Å². The number of phenolic OH excluding ortho intramolecular Hbond substituents is 1. The summed E-state index contributed by atoms with van der Waals surface area (Å²) >= 11 is 0. The number of hydrogen-bond donors (Lipinski definition) is 4. The fourth-order valence-electron chi connectivity index (χ4n) is 2.73. The first-order valence-corrected chi connectivity index (χ1v) is 8.58. The second-order valence-corrected chi connectivity index (χ2v) is 6.10. The largest absolute Gasteiger partial charge is 0.507 e. The van der Waals surface area contributed by atoms with E-state index in [2.05, 4.69) is 11.6 Å². The summed E-state index contributed by atoms with van der Waals surface area (Å²) in [5.74, 6) is 0.716. The number of H-pyrrole nitrogens is 1. The number of likely N-dealkylation sites (tertiary alicyclic amines) is 1. The van der Waals surface area contributed by atoms with Gasteiger partial charge in [0.2, 0.25) is 5.91 Å². The number of nitrogens with one attached hydrogen (secondary N) is 1. The number of methoxy groups -OCH3 is 1. The number of amides is 1. The van der Waals surface area contributed by atoms with Crippen molar-refractivity contribution in [1.29, 1.82) is 0 Å². The molecule has 1 aliphatic rings. The third-order valence-corrected chi connectivity index (χ3v) is 4.30. The highest BCUT2D eigenvalue weighted by Crippen LogP contribution is 2.24.